The van der Waals surface area contributed by atoms with Crippen molar-refractivity contribution in [1.29, 1.82) is 0 Å². The van der Waals surface area contributed by atoms with Crippen molar-refractivity contribution >= 4 is 11.9 Å². The van der Waals surface area contributed by atoms with Crippen molar-refractivity contribution in [3.63, 3.8) is 0 Å². The lowest BCUT2D eigenvalue weighted by atomic mass is 10.2. The quantitative estimate of drug-likeness (QED) is 0.393. The van der Waals surface area contributed by atoms with Crippen molar-refractivity contribution in [2.45, 2.75) is 12.2 Å². The number of carbonyl (C=O) groups excluding carboxylic acids is 2. The van der Waals surface area contributed by atoms with E-state index in [1.807, 2.05) is 0 Å². The van der Waals surface area contributed by atoms with E-state index in [1.165, 1.54) is 4.90 Å². The molecule has 2 heterocycles. The lowest BCUT2D eigenvalue weighted by Gasteiger charge is -2.32. The number of hydrogen-bond donors (Lipinski definition) is 3. The summed E-state index contributed by atoms with van der Waals surface area (Å²) in [6, 6.07) is -0.662. The maximum Gasteiger partial charge on any atom is 0.325 e. The Morgan fingerprint density at radius 1 is 1.42 bits per heavy atom. The monoisotopic (exact) mass is 170 g/mol. The summed E-state index contributed by atoms with van der Waals surface area (Å²) in [5.41, 5.74) is 0. The largest absolute Gasteiger partial charge is 0.325 e. The van der Waals surface area contributed by atoms with Crippen molar-refractivity contribution < 1.29 is 9.59 Å². The van der Waals surface area contributed by atoms with E-state index in [9.17, 15) is 9.59 Å². The molecule has 6 heteroatoms. The molecule has 2 unspecified atom stereocenters. The molecule has 0 spiro atoms. The van der Waals surface area contributed by atoms with Gasteiger partial charge in [-0.2, -0.15) is 0 Å². The van der Waals surface area contributed by atoms with Gasteiger partial charge in [-0.05, 0) is 0 Å². The number of nitrogens with one attached hydrogen (secondary N) is 3. The van der Waals surface area contributed by atoms with Gasteiger partial charge in [-0.1, -0.05) is 0 Å². The zero-order valence-corrected chi connectivity index (χ0v) is 6.63. The number of carbonyl (C=O) groups is 2. The van der Waals surface area contributed by atoms with Gasteiger partial charge in [-0.25, -0.2) is 4.79 Å². The summed E-state index contributed by atoms with van der Waals surface area (Å²) in [5, 5.41) is 8.19. The molecule has 0 bridgehead atoms. The number of urea groups is 1. The van der Waals surface area contributed by atoms with E-state index >= 15 is 0 Å². The minimum Gasteiger partial charge on any atom is -0.310 e. The van der Waals surface area contributed by atoms with Crippen LogP contribution in [0.25, 0.3) is 0 Å². The zero-order valence-electron chi connectivity index (χ0n) is 6.63. The lowest BCUT2D eigenvalue weighted by Crippen LogP contribution is -2.64. The summed E-state index contributed by atoms with van der Waals surface area (Å²) < 4.78 is 0. The first-order valence-corrected chi connectivity index (χ1v) is 3.74. The van der Waals surface area contributed by atoms with E-state index in [0.29, 0.717) is 6.67 Å². The van der Waals surface area contributed by atoms with Gasteiger partial charge in [-0.3, -0.25) is 20.7 Å². The van der Waals surface area contributed by atoms with Crippen molar-refractivity contribution in [2.75, 3.05) is 13.7 Å². The average Bonchev–Trinajstić information content (AvgIpc) is 2.48. The van der Waals surface area contributed by atoms with Crippen molar-refractivity contribution in [3.8, 4) is 0 Å². The number of nitrogens with zero attached hydrogens (tertiary/aromatic N) is 1. The number of likely N-dealkylation sites (N-methyl/N-ethyl adjacent to an activating group) is 1. The Labute approximate surface area is 69.3 Å². The van der Waals surface area contributed by atoms with Crippen LogP contribution in [0, 0.1) is 0 Å². The summed E-state index contributed by atoms with van der Waals surface area (Å²) in [7, 11) is 1.65. The second-order valence-corrected chi connectivity index (χ2v) is 2.91. The highest BCUT2D eigenvalue weighted by Crippen LogP contribution is 2.09. The fourth-order valence-electron chi connectivity index (χ4n) is 1.50. The Bertz CT molecular complexity index is 242. The molecule has 0 aromatic carbocycles. The molecule has 2 aliphatic rings. The molecular weight excluding hydrogens is 160 g/mol. The average molecular weight is 170 g/mol. The van der Waals surface area contributed by atoms with Crippen LogP contribution in [-0.4, -0.2) is 42.8 Å². The first-order valence-electron chi connectivity index (χ1n) is 3.74. The molecule has 3 amide bonds. The van der Waals surface area contributed by atoms with Crippen LogP contribution in [0.3, 0.4) is 0 Å². The molecule has 2 rings (SSSR count). The summed E-state index contributed by atoms with van der Waals surface area (Å²) in [6.07, 6.45) is -0.203. The Kier molecular flexibility index (Phi) is 1.52. The number of hydrogen-bond acceptors (Lipinski definition) is 4. The molecule has 0 saturated carbocycles. The van der Waals surface area contributed by atoms with Gasteiger partial charge in [0.05, 0.1) is 0 Å². The van der Waals surface area contributed by atoms with Gasteiger partial charge >= 0.3 is 6.03 Å². The van der Waals surface area contributed by atoms with Gasteiger partial charge in [0, 0.05) is 13.7 Å². The molecule has 3 N–H and O–H groups in total. The smallest absolute Gasteiger partial charge is 0.310 e. The molecule has 0 aliphatic carbocycles. The first-order chi connectivity index (χ1) is 5.70. The number of imide groups is 1. The van der Waals surface area contributed by atoms with Crippen LogP contribution in [0.1, 0.15) is 0 Å². The van der Waals surface area contributed by atoms with E-state index in [-0.39, 0.29) is 24.1 Å². The third-order valence-corrected chi connectivity index (χ3v) is 2.20. The molecule has 2 atom stereocenters. The van der Waals surface area contributed by atoms with Crippen LogP contribution in [0.5, 0.6) is 0 Å². The maximum absolute atomic E-state index is 11.2. The number of amides is 3. The van der Waals surface area contributed by atoms with Gasteiger partial charge in [-0.15, -0.1) is 0 Å². The SMILES string of the molecule is CN1C(=O)NC(=O)C2NCNC21. The van der Waals surface area contributed by atoms with Crippen molar-refractivity contribution in [1.82, 2.24) is 20.9 Å². The van der Waals surface area contributed by atoms with Crippen LogP contribution < -0.4 is 16.0 Å². The molecule has 12 heavy (non-hydrogen) atoms. The van der Waals surface area contributed by atoms with E-state index < -0.39 is 0 Å². The minimum atomic E-state index is -0.350. The Morgan fingerprint density at radius 2 is 2.17 bits per heavy atom. The fraction of sp³-hybridized carbons (Fsp3) is 0.667. The zero-order chi connectivity index (χ0) is 8.72. The van der Waals surface area contributed by atoms with Crippen LogP contribution in [-0.2, 0) is 4.79 Å². The highest BCUT2D eigenvalue weighted by Gasteiger charge is 2.42. The molecule has 66 valence electrons. The van der Waals surface area contributed by atoms with E-state index in [2.05, 4.69) is 16.0 Å². The maximum atomic E-state index is 11.2. The second-order valence-electron chi connectivity index (χ2n) is 2.91. The third kappa shape index (κ3) is 0.886. The predicted octanol–water partition coefficient (Wildman–Crippen LogP) is -1.99. The van der Waals surface area contributed by atoms with Gasteiger partial charge in [0.2, 0.25) is 5.91 Å². The normalized spacial score (nSPS) is 34.9. The number of fused-ring (bicyclic) bond motifs is 1. The molecular formula is C6H10N4O2. The lowest BCUT2D eigenvalue weighted by molar-refractivity contribution is -0.124. The van der Waals surface area contributed by atoms with Crippen LogP contribution in [0.4, 0.5) is 4.79 Å². The molecule has 2 aliphatic heterocycles. The van der Waals surface area contributed by atoms with Crippen molar-refractivity contribution in [3.05, 3.63) is 0 Å². The fourth-order valence-corrected chi connectivity index (χ4v) is 1.50. The van der Waals surface area contributed by atoms with Crippen LogP contribution in [0.15, 0.2) is 0 Å². The van der Waals surface area contributed by atoms with E-state index in [4.69, 9.17) is 0 Å². The van der Waals surface area contributed by atoms with Gasteiger partial charge in [0.15, 0.2) is 0 Å². The van der Waals surface area contributed by atoms with Crippen molar-refractivity contribution in [2.24, 2.45) is 0 Å². The Morgan fingerprint density at radius 3 is 2.92 bits per heavy atom. The van der Waals surface area contributed by atoms with Gasteiger partial charge in [0.25, 0.3) is 0 Å². The summed E-state index contributed by atoms with van der Waals surface area (Å²) >= 11 is 0. The minimum absolute atomic E-state index is 0.203. The van der Waals surface area contributed by atoms with E-state index in [1.54, 1.807) is 7.05 Å². The Balaban J connectivity index is 2.23. The highest BCUT2D eigenvalue weighted by molar-refractivity contribution is 6.00. The molecule has 2 saturated heterocycles. The topological polar surface area (TPSA) is 73.5 Å². The van der Waals surface area contributed by atoms with Gasteiger partial charge in [0.1, 0.15) is 12.2 Å². The third-order valence-electron chi connectivity index (χ3n) is 2.20. The summed E-state index contributed by atoms with van der Waals surface area (Å²) in [4.78, 5) is 23.7. The second kappa shape index (κ2) is 2.43. The number of rotatable bonds is 0. The standard InChI is InChI=1S/C6H10N4O2/c1-10-4-3(7-2-8-4)5(11)9-6(10)12/h3-4,7-8H,2H2,1H3,(H,9,11,12). The molecule has 0 aromatic rings. The van der Waals surface area contributed by atoms with Crippen LogP contribution in [0.2, 0.25) is 0 Å². The van der Waals surface area contributed by atoms with Crippen LogP contribution >= 0.6 is 0 Å². The Hall–Kier alpha value is -1.14. The molecule has 6 nitrogen and oxygen atoms in total. The summed E-state index contributed by atoms with van der Waals surface area (Å²) in [5.74, 6) is -0.256. The first kappa shape index (κ1) is 7.51. The highest BCUT2D eigenvalue weighted by atomic mass is 16.2. The predicted molar refractivity (Wildman–Crippen MR) is 40.0 cm³/mol. The van der Waals surface area contributed by atoms with E-state index in [0.717, 1.165) is 0 Å². The molecule has 2 fully saturated rings. The molecule has 0 radical (unpaired) electrons. The summed E-state index contributed by atoms with van der Waals surface area (Å²) in [6.45, 7) is 0.556. The molecule has 0 aromatic heterocycles. The van der Waals surface area contributed by atoms with Gasteiger partial charge < -0.3 is 4.90 Å².